The number of anilines is 2. The molecule has 0 amide bonds. The molecule has 4 N–H and O–H groups in total. The molecule has 11 heteroatoms. The Morgan fingerprint density at radius 3 is 2.56 bits per heavy atom. The fourth-order valence-corrected chi connectivity index (χ4v) is 4.10. The third kappa shape index (κ3) is 4.02. The van der Waals surface area contributed by atoms with Crippen LogP contribution >= 0.6 is 0 Å². The summed E-state index contributed by atoms with van der Waals surface area (Å²) in [5.74, 6) is -0.892. The highest BCUT2D eigenvalue weighted by atomic mass is 16.4. The van der Waals surface area contributed by atoms with Crippen LogP contribution in [0.2, 0.25) is 0 Å². The first kappa shape index (κ1) is 22.7. The van der Waals surface area contributed by atoms with Crippen LogP contribution in [0.5, 0.6) is 0 Å². The number of hydrogen-bond acceptors (Lipinski definition) is 8. The summed E-state index contributed by atoms with van der Waals surface area (Å²) >= 11 is 0. The molecule has 0 unspecified atom stereocenters. The van der Waals surface area contributed by atoms with E-state index in [-0.39, 0.29) is 22.9 Å². The van der Waals surface area contributed by atoms with Gasteiger partial charge in [-0.05, 0) is 30.7 Å². The van der Waals surface area contributed by atoms with Gasteiger partial charge in [0.2, 0.25) is 5.95 Å². The van der Waals surface area contributed by atoms with Crippen LogP contribution in [-0.2, 0) is 7.05 Å². The van der Waals surface area contributed by atoms with Crippen LogP contribution in [0.3, 0.4) is 0 Å². The molecule has 3 heterocycles. The molecule has 1 atom stereocenters. The number of benzene rings is 2. The SMILES string of the molecule is C[C@H](Nc1nc(N)ncc1C(=O)O)c1nc2cccc(-c3cnn(C)c3)c2c(=O)n1-c1ccccc1. The Labute approximate surface area is 204 Å². The third-order valence-corrected chi connectivity index (χ3v) is 5.73. The Morgan fingerprint density at radius 1 is 1.08 bits per heavy atom. The number of carboxylic acids is 1. The van der Waals surface area contributed by atoms with Crippen LogP contribution in [-0.4, -0.2) is 40.4 Å². The van der Waals surface area contributed by atoms with Gasteiger partial charge in [0.05, 0.1) is 28.8 Å². The third-order valence-electron chi connectivity index (χ3n) is 5.73. The lowest BCUT2D eigenvalue weighted by Gasteiger charge is -2.21. The second-order valence-electron chi connectivity index (χ2n) is 8.21. The van der Waals surface area contributed by atoms with Crippen LogP contribution in [0.4, 0.5) is 11.8 Å². The number of hydrogen-bond donors (Lipinski definition) is 3. The number of aryl methyl sites for hydroxylation is 1. The molecule has 11 nitrogen and oxygen atoms in total. The molecular formula is C25H22N8O3. The minimum absolute atomic E-state index is 0.0283. The van der Waals surface area contributed by atoms with Crippen molar-refractivity contribution in [3.05, 3.63) is 88.9 Å². The van der Waals surface area contributed by atoms with E-state index in [1.807, 2.05) is 55.7 Å². The van der Waals surface area contributed by atoms with Crippen LogP contribution in [0.25, 0.3) is 27.7 Å². The second-order valence-corrected chi connectivity index (χ2v) is 8.21. The zero-order valence-electron chi connectivity index (χ0n) is 19.5. The Morgan fingerprint density at radius 2 is 1.86 bits per heavy atom. The van der Waals surface area contributed by atoms with E-state index in [2.05, 4.69) is 20.4 Å². The van der Waals surface area contributed by atoms with Gasteiger partial charge in [0, 0.05) is 25.0 Å². The molecule has 36 heavy (non-hydrogen) atoms. The molecule has 5 aromatic rings. The zero-order chi connectivity index (χ0) is 25.4. The van der Waals surface area contributed by atoms with Gasteiger partial charge >= 0.3 is 5.97 Å². The molecule has 0 aliphatic carbocycles. The summed E-state index contributed by atoms with van der Waals surface area (Å²) in [5, 5.41) is 17.3. The van der Waals surface area contributed by atoms with Gasteiger partial charge in [-0.3, -0.25) is 14.0 Å². The molecule has 0 saturated heterocycles. The van der Waals surface area contributed by atoms with Crippen molar-refractivity contribution in [2.45, 2.75) is 13.0 Å². The Bertz CT molecular complexity index is 1660. The van der Waals surface area contributed by atoms with Gasteiger partial charge in [-0.1, -0.05) is 30.3 Å². The Hall–Kier alpha value is -5.06. The summed E-state index contributed by atoms with van der Waals surface area (Å²) in [4.78, 5) is 38.4. The Kier molecular flexibility index (Phi) is 5.65. The average molecular weight is 483 g/mol. The van der Waals surface area contributed by atoms with Crippen molar-refractivity contribution < 1.29 is 9.90 Å². The Balaban J connectivity index is 1.74. The number of aromatic nitrogens is 6. The van der Waals surface area contributed by atoms with Gasteiger partial charge in [-0.25, -0.2) is 14.8 Å². The maximum absolute atomic E-state index is 14.1. The quantitative estimate of drug-likeness (QED) is 0.331. The van der Waals surface area contributed by atoms with Crippen molar-refractivity contribution >= 4 is 28.6 Å². The largest absolute Gasteiger partial charge is 0.477 e. The smallest absolute Gasteiger partial charge is 0.341 e. The van der Waals surface area contributed by atoms with E-state index in [0.717, 1.165) is 11.8 Å². The first-order chi connectivity index (χ1) is 17.3. The molecule has 0 saturated carbocycles. The molecule has 0 spiro atoms. The number of para-hydroxylation sites is 1. The van der Waals surface area contributed by atoms with Crippen molar-refractivity contribution in [1.82, 2.24) is 29.3 Å². The van der Waals surface area contributed by atoms with Crippen molar-refractivity contribution in [2.75, 3.05) is 11.1 Å². The molecule has 5 rings (SSSR count). The van der Waals surface area contributed by atoms with Gasteiger partial charge in [0.1, 0.15) is 17.2 Å². The average Bonchev–Trinajstić information content (AvgIpc) is 3.30. The van der Waals surface area contributed by atoms with Crippen LogP contribution in [0.15, 0.2) is 71.9 Å². The molecule has 2 aromatic carbocycles. The fourth-order valence-electron chi connectivity index (χ4n) is 4.10. The van der Waals surface area contributed by atoms with Crippen LogP contribution < -0.4 is 16.6 Å². The summed E-state index contributed by atoms with van der Waals surface area (Å²) < 4.78 is 3.19. The molecule has 0 bridgehead atoms. The molecule has 0 radical (unpaired) electrons. The molecule has 0 aliphatic heterocycles. The van der Waals surface area contributed by atoms with Gasteiger partial charge in [0.25, 0.3) is 5.56 Å². The first-order valence-corrected chi connectivity index (χ1v) is 11.1. The number of nitrogens with one attached hydrogen (secondary N) is 1. The summed E-state index contributed by atoms with van der Waals surface area (Å²) in [6.45, 7) is 1.77. The van der Waals surface area contributed by atoms with Crippen LogP contribution in [0.1, 0.15) is 29.1 Å². The number of nitrogens with two attached hydrogens (primary N) is 1. The lowest BCUT2D eigenvalue weighted by molar-refractivity contribution is 0.0697. The summed E-state index contributed by atoms with van der Waals surface area (Å²) in [6, 6.07) is 14.0. The monoisotopic (exact) mass is 482 g/mol. The second kappa shape index (κ2) is 8.95. The maximum Gasteiger partial charge on any atom is 0.341 e. The molecule has 3 aromatic heterocycles. The van der Waals surface area contributed by atoms with Gasteiger partial charge < -0.3 is 16.2 Å². The maximum atomic E-state index is 14.1. The molecule has 0 fully saturated rings. The van der Waals surface area contributed by atoms with Crippen LogP contribution in [0, 0.1) is 0 Å². The molecule has 180 valence electrons. The van der Waals surface area contributed by atoms with Crippen molar-refractivity contribution in [3.8, 4) is 16.8 Å². The van der Waals surface area contributed by atoms with E-state index in [0.29, 0.717) is 28.0 Å². The molecular weight excluding hydrogens is 460 g/mol. The van der Waals surface area contributed by atoms with E-state index < -0.39 is 12.0 Å². The number of rotatable bonds is 6. The summed E-state index contributed by atoms with van der Waals surface area (Å²) in [5.41, 5.74) is 7.91. The van der Waals surface area contributed by atoms with Crippen molar-refractivity contribution in [1.29, 1.82) is 0 Å². The van der Waals surface area contributed by atoms with Crippen molar-refractivity contribution in [2.24, 2.45) is 7.05 Å². The number of carbonyl (C=O) groups is 1. The standard InChI is InChI=1S/C25H22N8O3/c1-14(29-21-18(24(35)36)12-27-25(26)31-21)22-30-19-10-6-9-17(15-11-28-32(2)13-15)20(19)23(34)33(22)16-7-4-3-5-8-16/h3-14H,1-2H3,(H,35,36)(H3,26,27,29,31)/t14-/m0/s1. The topological polar surface area (TPSA) is 154 Å². The number of aromatic carboxylic acids is 1. The highest BCUT2D eigenvalue weighted by Crippen LogP contribution is 2.28. The number of nitrogen functional groups attached to an aromatic ring is 1. The van der Waals surface area contributed by atoms with E-state index in [9.17, 15) is 14.7 Å². The highest BCUT2D eigenvalue weighted by molar-refractivity contribution is 5.94. The van der Waals surface area contributed by atoms with E-state index in [1.165, 1.54) is 4.57 Å². The number of nitrogens with zero attached hydrogens (tertiary/aromatic N) is 6. The van der Waals surface area contributed by atoms with E-state index >= 15 is 0 Å². The highest BCUT2D eigenvalue weighted by Gasteiger charge is 2.22. The minimum atomic E-state index is -1.21. The number of fused-ring (bicyclic) bond motifs is 1. The van der Waals surface area contributed by atoms with E-state index in [4.69, 9.17) is 10.7 Å². The molecule has 0 aliphatic rings. The summed E-state index contributed by atoms with van der Waals surface area (Å²) in [7, 11) is 1.81. The zero-order valence-corrected chi connectivity index (χ0v) is 19.5. The summed E-state index contributed by atoms with van der Waals surface area (Å²) in [6.07, 6.45) is 4.68. The predicted molar refractivity (Wildman–Crippen MR) is 135 cm³/mol. The first-order valence-electron chi connectivity index (χ1n) is 11.1. The fraction of sp³-hybridized carbons (Fsp3) is 0.120. The normalized spacial score (nSPS) is 11.9. The van der Waals surface area contributed by atoms with Gasteiger partial charge in [-0.2, -0.15) is 10.1 Å². The minimum Gasteiger partial charge on any atom is -0.477 e. The van der Waals surface area contributed by atoms with Gasteiger partial charge in [0.15, 0.2) is 0 Å². The predicted octanol–water partition coefficient (Wildman–Crippen LogP) is 3.03. The van der Waals surface area contributed by atoms with Gasteiger partial charge in [-0.15, -0.1) is 0 Å². The number of carboxylic acid groups (broad SMARTS) is 1. The van der Waals surface area contributed by atoms with E-state index in [1.54, 1.807) is 23.9 Å². The van der Waals surface area contributed by atoms with Crippen molar-refractivity contribution in [3.63, 3.8) is 0 Å². The lowest BCUT2D eigenvalue weighted by atomic mass is 10.0. The lowest BCUT2D eigenvalue weighted by Crippen LogP contribution is -2.28.